The molecule has 76 valence electrons. The quantitative estimate of drug-likeness (QED) is 0.470. The van der Waals surface area contributed by atoms with Gasteiger partial charge in [0.25, 0.3) is 0 Å². The Bertz CT molecular complexity index is 325. The van der Waals surface area contributed by atoms with E-state index in [9.17, 15) is 0 Å². The van der Waals surface area contributed by atoms with E-state index in [1.165, 1.54) is 0 Å². The van der Waals surface area contributed by atoms with E-state index in [0.717, 1.165) is 16.3 Å². The van der Waals surface area contributed by atoms with Crippen molar-refractivity contribution < 1.29 is 4.74 Å². The first kappa shape index (κ1) is 11.0. The van der Waals surface area contributed by atoms with Gasteiger partial charge in [0.1, 0.15) is 5.75 Å². The third kappa shape index (κ3) is 2.70. The Kier molecular flexibility index (Phi) is 3.89. The number of hydrogen-bond acceptors (Lipinski definition) is 3. The monoisotopic (exact) mass is 209 g/mol. The first-order chi connectivity index (χ1) is 6.67. The lowest BCUT2D eigenvalue weighted by atomic mass is 10.3. The minimum atomic E-state index is 0.351. The molecule has 0 aliphatic carbocycles. The van der Waals surface area contributed by atoms with Crippen LogP contribution < -0.4 is 10.5 Å². The Labute approximate surface area is 89.1 Å². The molecule has 1 rings (SSSR count). The third-order valence-electron chi connectivity index (χ3n) is 1.87. The fourth-order valence-corrected chi connectivity index (χ4v) is 1.88. The Morgan fingerprint density at radius 3 is 2.86 bits per heavy atom. The Balaban J connectivity index is 2.88. The van der Waals surface area contributed by atoms with Gasteiger partial charge < -0.3 is 10.5 Å². The van der Waals surface area contributed by atoms with E-state index in [4.69, 9.17) is 10.5 Å². The predicted molar refractivity (Wildman–Crippen MR) is 62.9 cm³/mol. The molecule has 2 nitrogen and oxygen atoms in total. The highest BCUT2D eigenvalue weighted by Crippen LogP contribution is 2.32. The summed E-state index contributed by atoms with van der Waals surface area (Å²) in [6.07, 6.45) is 1.89. The molecule has 0 bridgehead atoms. The van der Waals surface area contributed by atoms with Crippen molar-refractivity contribution in [3.8, 4) is 5.75 Å². The zero-order chi connectivity index (χ0) is 10.6. The fourth-order valence-electron chi connectivity index (χ4n) is 0.992. The van der Waals surface area contributed by atoms with Gasteiger partial charge >= 0.3 is 0 Å². The molecule has 0 saturated heterocycles. The second-order valence-electron chi connectivity index (χ2n) is 2.96. The van der Waals surface area contributed by atoms with E-state index in [1.807, 2.05) is 24.3 Å². The SMILES string of the molecule is C=CC(C)Sc1cc(OC)ccc1N. The number of nitrogen functional groups attached to an aromatic ring is 1. The zero-order valence-corrected chi connectivity index (χ0v) is 9.30. The molecule has 1 unspecified atom stereocenters. The smallest absolute Gasteiger partial charge is 0.120 e. The molecular weight excluding hydrogens is 194 g/mol. The fraction of sp³-hybridized carbons (Fsp3) is 0.273. The van der Waals surface area contributed by atoms with Gasteiger partial charge in [0, 0.05) is 15.8 Å². The van der Waals surface area contributed by atoms with Crippen LogP contribution in [0.4, 0.5) is 5.69 Å². The molecule has 0 aliphatic heterocycles. The van der Waals surface area contributed by atoms with Crippen LogP contribution >= 0.6 is 11.8 Å². The summed E-state index contributed by atoms with van der Waals surface area (Å²) in [5.74, 6) is 0.831. The number of benzene rings is 1. The normalized spacial score (nSPS) is 12.1. The van der Waals surface area contributed by atoms with Crippen molar-refractivity contribution in [2.45, 2.75) is 17.1 Å². The number of thioether (sulfide) groups is 1. The van der Waals surface area contributed by atoms with Crippen LogP contribution in [0.1, 0.15) is 6.92 Å². The molecule has 2 N–H and O–H groups in total. The van der Waals surface area contributed by atoms with Crippen LogP contribution in [0.2, 0.25) is 0 Å². The molecule has 0 spiro atoms. The largest absolute Gasteiger partial charge is 0.497 e. The predicted octanol–water partition coefficient (Wildman–Crippen LogP) is 2.94. The van der Waals surface area contributed by atoms with Crippen molar-refractivity contribution in [3.05, 3.63) is 30.9 Å². The van der Waals surface area contributed by atoms with Gasteiger partial charge in [-0.1, -0.05) is 6.08 Å². The van der Waals surface area contributed by atoms with Gasteiger partial charge in [0.2, 0.25) is 0 Å². The summed E-state index contributed by atoms with van der Waals surface area (Å²) in [5.41, 5.74) is 6.62. The molecule has 1 aromatic rings. The molecule has 0 amide bonds. The first-order valence-corrected chi connectivity index (χ1v) is 5.28. The van der Waals surface area contributed by atoms with E-state index in [0.29, 0.717) is 5.25 Å². The molecule has 0 radical (unpaired) electrons. The molecule has 1 atom stereocenters. The van der Waals surface area contributed by atoms with E-state index < -0.39 is 0 Å². The average molecular weight is 209 g/mol. The number of methoxy groups -OCH3 is 1. The van der Waals surface area contributed by atoms with Crippen molar-refractivity contribution in [3.63, 3.8) is 0 Å². The van der Waals surface area contributed by atoms with Crippen molar-refractivity contribution in [1.29, 1.82) is 0 Å². The van der Waals surface area contributed by atoms with Gasteiger partial charge in [0.05, 0.1) is 7.11 Å². The molecule has 0 aromatic heterocycles. The van der Waals surface area contributed by atoms with E-state index in [2.05, 4.69) is 13.5 Å². The maximum Gasteiger partial charge on any atom is 0.120 e. The number of hydrogen-bond donors (Lipinski definition) is 1. The molecule has 3 heteroatoms. The third-order valence-corrected chi connectivity index (χ3v) is 3.04. The van der Waals surface area contributed by atoms with Crippen LogP contribution in [-0.2, 0) is 0 Å². The Morgan fingerprint density at radius 1 is 1.57 bits per heavy atom. The topological polar surface area (TPSA) is 35.2 Å². The number of rotatable bonds is 4. The van der Waals surface area contributed by atoms with E-state index in [-0.39, 0.29) is 0 Å². The molecule has 0 heterocycles. The van der Waals surface area contributed by atoms with Crippen molar-refractivity contribution >= 4 is 17.4 Å². The number of nitrogens with two attached hydrogens (primary N) is 1. The van der Waals surface area contributed by atoms with Gasteiger partial charge in [-0.2, -0.15) is 0 Å². The van der Waals surface area contributed by atoms with Crippen molar-refractivity contribution in [1.82, 2.24) is 0 Å². The summed E-state index contributed by atoms with van der Waals surface area (Å²) in [6.45, 7) is 5.82. The molecular formula is C11H15NOS. The second kappa shape index (κ2) is 4.96. The Morgan fingerprint density at radius 2 is 2.29 bits per heavy atom. The van der Waals surface area contributed by atoms with Gasteiger partial charge in [0.15, 0.2) is 0 Å². The summed E-state index contributed by atoms with van der Waals surface area (Å²) in [6, 6.07) is 5.66. The lowest BCUT2D eigenvalue weighted by molar-refractivity contribution is 0.414. The second-order valence-corrected chi connectivity index (χ2v) is 4.38. The number of anilines is 1. The summed E-state index contributed by atoms with van der Waals surface area (Å²) < 4.78 is 5.13. The van der Waals surface area contributed by atoms with Crippen molar-refractivity contribution in [2.75, 3.05) is 12.8 Å². The minimum Gasteiger partial charge on any atom is -0.497 e. The maximum absolute atomic E-state index is 5.84. The lowest BCUT2D eigenvalue weighted by Crippen LogP contribution is -1.94. The summed E-state index contributed by atoms with van der Waals surface area (Å²) in [4.78, 5) is 1.04. The number of ether oxygens (including phenoxy) is 1. The first-order valence-electron chi connectivity index (χ1n) is 4.40. The molecule has 1 aromatic carbocycles. The van der Waals surface area contributed by atoms with Crippen LogP contribution in [0.5, 0.6) is 5.75 Å². The van der Waals surface area contributed by atoms with E-state index >= 15 is 0 Å². The minimum absolute atomic E-state index is 0.351. The zero-order valence-electron chi connectivity index (χ0n) is 8.49. The van der Waals surface area contributed by atoms with Crippen LogP contribution in [0.25, 0.3) is 0 Å². The highest BCUT2D eigenvalue weighted by atomic mass is 32.2. The highest BCUT2D eigenvalue weighted by molar-refractivity contribution is 8.00. The standard InChI is InChI=1S/C11H15NOS/c1-4-8(2)14-11-7-9(13-3)5-6-10(11)12/h4-8H,1,12H2,2-3H3. The average Bonchev–Trinajstić information content (AvgIpc) is 2.21. The maximum atomic E-state index is 5.84. The summed E-state index contributed by atoms with van der Waals surface area (Å²) in [5, 5.41) is 0.351. The van der Waals surface area contributed by atoms with Crippen LogP contribution in [0.3, 0.4) is 0 Å². The molecule has 14 heavy (non-hydrogen) atoms. The van der Waals surface area contributed by atoms with Gasteiger partial charge in [-0.15, -0.1) is 18.3 Å². The highest BCUT2D eigenvalue weighted by Gasteiger charge is 2.05. The van der Waals surface area contributed by atoms with Gasteiger partial charge in [-0.3, -0.25) is 0 Å². The molecule has 0 saturated carbocycles. The van der Waals surface area contributed by atoms with Crippen molar-refractivity contribution in [2.24, 2.45) is 0 Å². The molecule has 0 aliphatic rings. The van der Waals surface area contributed by atoms with Gasteiger partial charge in [-0.25, -0.2) is 0 Å². The Hall–Kier alpha value is -1.09. The van der Waals surface area contributed by atoms with Gasteiger partial charge in [-0.05, 0) is 25.1 Å². The summed E-state index contributed by atoms with van der Waals surface area (Å²) >= 11 is 1.68. The van der Waals surface area contributed by atoms with Crippen LogP contribution in [0, 0.1) is 0 Å². The van der Waals surface area contributed by atoms with E-state index in [1.54, 1.807) is 18.9 Å². The van der Waals surface area contributed by atoms with Crippen LogP contribution in [0.15, 0.2) is 35.7 Å². The molecule has 0 fully saturated rings. The lowest BCUT2D eigenvalue weighted by Gasteiger charge is -2.10. The summed E-state index contributed by atoms with van der Waals surface area (Å²) in [7, 11) is 1.65. The van der Waals surface area contributed by atoms with Crippen LogP contribution in [-0.4, -0.2) is 12.4 Å².